The van der Waals surface area contributed by atoms with Crippen LogP contribution in [0.1, 0.15) is 39.5 Å². The third-order valence-electron chi connectivity index (χ3n) is 1.92. The molecule has 11 heavy (non-hydrogen) atoms. The molecule has 0 nitrogen and oxygen atoms in total. The molecule has 0 aromatic heterocycles. The average molecular weight is 210 g/mol. The molecule has 0 N–H and O–H groups in total. The van der Waals surface area contributed by atoms with Gasteiger partial charge in [-0.05, 0) is 12.3 Å². The first-order valence-corrected chi connectivity index (χ1v) is 8.13. The highest BCUT2D eigenvalue weighted by atomic mass is 33.3. The Labute approximate surface area is 81.0 Å². The van der Waals surface area contributed by atoms with Crippen LogP contribution in [0.5, 0.6) is 0 Å². The molecule has 2 atom stereocenters. The average Bonchev–Trinajstić information content (AvgIpc) is 2.05. The lowest BCUT2D eigenvalue weighted by molar-refractivity contribution is 0.500. The standard InChI is InChI=1S/C8H19PS2/c1-3-5-6-8(4-2)7-10-11-9/h8H,3-7,9H2,1-2H3. The smallest absolute Gasteiger partial charge is 0.00682 e. The van der Waals surface area contributed by atoms with Crippen LogP contribution >= 0.6 is 29.6 Å². The van der Waals surface area contributed by atoms with E-state index in [1.54, 1.807) is 0 Å². The summed E-state index contributed by atoms with van der Waals surface area (Å²) in [5, 5.41) is 0. The third-order valence-corrected chi connectivity index (χ3v) is 4.70. The number of hydrogen-bond donors (Lipinski definition) is 0. The molecule has 0 fully saturated rings. The summed E-state index contributed by atoms with van der Waals surface area (Å²) in [5.41, 5.74) is 0. The quantitative estimate of drug-likeness (QED) is 0.452. The largest absolute Gasteiger partial charge is 0.0898 e. The van der Waals surface area contributed by atoms with E-state index >= 15 is 0 Å². The Hall–Kier alpha value is 1.13. The van der Waals surface area contributed by atoms with Gasteiger partial charge in [-0.1, -0.05) is 62.8 Å². The number of unbranched alkanes of at least 4 members (excludes halogenated alkanes) is 1. The Morgan fingerprint density at radius 1 is 1.36 bits per heavy atom. The molecule has 0 rings (SSSR count). The monoisotopic (exact) mass is 210 g/mol. The maximum absolute atomic E-state index is 2.69. The first-order chi connectivity index (χ1) is 5.35. The second kappa shape index (κ2) is 9.22. The van der Waals surface area contributed by atoms with E-state index in [1.807, 2.05) is 21.2 Å². The Kier molecular flexibility index (Phi) is 10.2. The van der Waals surface area contributed by atoms with Gasteiger partial charge in [-0.25, -0.2) is 0 Å². The van der Waals surface area contributed by atoms with Crippen molar-refractivity contribution in [3.8, 4) is 0 Å². The SMILES string of the molecule is CCCCC(CC)CSSP. The van der Waals surface area contributed by atoms with Crippen LogP contribution in [0.2, 0.25) is 0 Å². The van der Waals surface area contributed by atoms with Crippen LogP contribution < -0.4 is 0 Å². The van der Waals surface area contributed by atoms with Crippen molar-refractivity contribution >= 4 is 29.6 Å². The summed E-state index contributed by atoms with van der Waals surface area (Å²) in [6, 6.07) is 0. The van der Waals surface area contributed by atoms with Crippen LogP contribution in [-0.2, 0) is 0 Å². The maximum atomic E-state index is 2.69. The van der Waals surface area contributed by atoms with E-state index in [2.05, 4.69) is 22.3 Å². The first-order valence-electron chi connectivity index (χ1n) is 4.33. The van der Waals surface area contributed by atoms with Gasteiger partial charge in [0, 0.05) is 5.75 Å². The van der Waals surface area contributed by atoms with E-state index in [-0.39, 0.29) is 0 Å². The van der Waals surface area contributed by atoms with Crippen molar-refractivity contribution in [2.75, 3.05) is 5.75 Å². The molecule has 0 aromatic rings. The highest BCUT2D eigenvalue weighted by Crippen LogP contribution is 2.31. The summed E-state index contributed by atoms with van der Waals surface area (Å²) in [6.07, 6.45) is 5.51. The highest BCUT2D eigenvalue weighted by molar-refractivity contribution is 8.94. The van der Waals surface area contributed by atoms with Crippen molar-refractivity contribution in [2.45, 2.75) is 39.5 Å². The Morgan fingerprint density at radius 2 is 2.09 bits per heavy atom. The van der Waals surface area contributed by atoms with E-state index in [1.165, 1.54) is 31.4 Å². The molecule has 0 saturated heterocycles. The molecule has 0 aliphatic carbocycles. The Bertz CT molecular complexity index is 70.5. The lowest BCUT2D eigenvalue weighted by Crippen LogP contribution is -2.00. The second-order valence-electron chi connectivity index (χ2n) is 2.80. The van der Waals surface area contributed by atoms with Gasteiger partial charge in [0.2, 0.25) is 0 Å². The molecule has 0 aliphatic heterocycles. The fourth-order valence-corrected chi connectivity index (χ4v) is 3.23. The van der Waals surface area contributed by atoms with Crippen LogP contribution in [0.15, 0.2) is 0 Å². The van der Waals surface area contributed by atoms with Crippen LogP contribution in [-0.4, -0.2) is 5.75 Å². The van der Waals surface area contributed by atoms with Gasteiger partial charge >= 0.3 is 0 Å². The molecule has 0 heterocycles. The zero-order valence-corrected chi connectivity index (χ0v) is 10.3. The van der Waals surface area contributed by atoms with Crippen LogP contribution in [0, 0.1) is 5.92 Å². The van der Waals surface area contributed by atoms with E-state index in [0.29, 0.717) is 0 Å². The fourth-order valence-electron chi connectivity index (χ4n) is 1.03. The summed E-state index contributed by atoms with van der Waals surface area (Å²) >= 11 is 0. The summed E-state index contributed by atoms with van der Waals surface area (Å²) in [5.74, 6) is 2.28. The van der Waals surface area contributed by atoms with Gasteiger partial charge in [0.1, 0.15) is 0 Å². The normalized spacial score (nSPS) is 13.4. The molecule has 0 spiro atoms. The molecule has 0 radical (unpaired) electrons. The van der Waals surface area contributed by atoms with Crippen LogP contribution in [0.3, 0.4) is 0 Å². The summed E-state index contributed by atoms with van der Waals surface area (Å²) in [7, 11) is 6.48. The third kappa shape index (κ3) is 7.49. The molecule has 0 saturated carbocycles. The van der Waals surface area contributed by atoms with Crippen molar-refractivity contribution in [2.24, 2.45) is 5.92 Å². The molecular formula is C8H19PS2. The molecule has 0 aromatic carbocycles. The molecule has 0 bridgehead atoms. The summed E-state index contributed by atoms with van der Waals surface area (Å²) in [6.45, 7) is 4.57. The van der Waals surface area contributed by atoms with Gasteiger partial charge in [-0.15, -0.1) is 0 Å². The molecule has 68 valence electrons. The van der Waals surface area contributed by atoms with Crippen molar-refractivity contribution < 1.29 is 0 Å². The Morgan fingerprint density at radius 3 is 2.55 bits per heavy atom. The van der Waals surface area contributed by atoms with Gasteiger partial charge in [-0.2, -0.15) is 0 Å². The minimum Gasteiger partial charge on any atom is -0.0898 e. The van der Waals surface area contributed by atoms with E-state index < -0.39 is 0 Å². The van der Waals surface area contributed by atoms with Gasteiger partial charge in [0.25, 0.3) is 0 Å². The first kappa shape index (κ1) is 12.1. The van der Waals surface area contributed by atoms with E-state index in [4.69, 9.17) is 0 Å². The van der Waals surface area contributed by atoms with Gasteiger partial charge in [0.15, 0.2) is 0 Å². The zero-order valence-electron chi connectivity index (χ0n) is 7.51. The predicted molar refractivity (Wildman–Crippen MR) is 63.1 cm³/mol. The van der Waals surface area contributed by atoms with Gasteiger partial charge in [0.05, 0.1) is 0 Å². The Balaban J connectivity index is 3.25. The molecule has 0 amide bonds. The fraction of sp³-hybridized carbons (Fsp3) is 1.00. The number of rotatable bonds is 7. The van der Waals surface area contributed by atoms with Gasteiger partial charge in [-0.3, -0.25) is 0 Å². The van der Waals surface area contributed by atoms with Crippen LogP contribution in [0.4, 0.5) is 0 Å². The lowest BCUT2D eigenvalue weighted by Gasteiger charge is -2.11. The topological polar surface area (TPSA) is 0 Å². The van der Waals surface area contributed by atoms with E-state index in [0.717, 1.165) is 5.92 Å². The molecule has 3 heteroatoms. The molecular weight excluding hydrogens is 191 g/mol. The molecule has 2 unspecified atom stereocenters. The van der Waals surface area contributed by atoms with E-state index in [9.17, 15) is 0 Å². The van der Waals surface area contributed by atoms with Crippen molar-refractivity contribution in [1.29, 1.82) is 0 Å². The van der Waals surface area contributed by atoms with Crippen LogP contribution in [0.25, 0.3) is 0 Å². The van der Waals surface area contributed by atoms with Gasteiger partial charge < -0.3 is 0 Å². The lowest BCUT2D eigenvalue weighted by atomic mass is 10.0. The zero-order chi connectivity index (χ0) is 8.53. The van der Waals surface area contributed by atoms with Crippen molar-refractivity contribution in [3.05, 3.63) is 0 Å². The number of hydrogen-bond acceptors (Lipinski definition) is 2. The van der Waals surface area contributed by atoms with Crippen molar-refractivity contribution in [1.82, 2.24) is 0 Å². The minimum absolute atomic E-state index is 0.952. The predicted octanol–water partition coefficient (Wildman–Crippen LogP) is 4.37. The summed E-state index contributed by atoms with van der Waals surface area (Å²) < 4.78 is 0. The molecule has 0 aliphatic rings. The highest BCUT2D eigenvalue weighted by Gasteiger charge is 2.04. The minimum atomic E-state index is 0.952. The summed E-state index contributed by atoms with van der Waals surface area (Å²) in [4.78, 5) is 0. The van der Waals surface area contributed by atoms with Crippen molar-refractivity contribution in [3.63, 3.8) is 0 Å². The maximum Gasteiger partial charge on any atom is 0.00682 e. The second-order valence-corrected chi connectivity index (χ2v) is 6.58.